The lowest BCUT2D eigenvalue weighted by Crippen LogP contribution is -2.20. The molecule has 0 aliphatic rings. The first-order valence-electron chi connectivity index (χ1n) is 12.5. The fourth-order valence-corrected chi connectivity index (χ4v) is 6.36. The van der Waals surface area contributed by atoms with Gasteiger partial charge in [0, 0.05) is 11.1 Å². The van der Waals surface area contributed by atoms with Gasteiger partial charge in [-0.25, -0.2) is 44.3 Å². The summed E-state index contributed by atoms with van der Waals surface area (Å²) in [4.78, 5) is 20.3. The lowest BCUT2D eigenvalue weighted by Gasteiger charge is -2.15. The van der Waals surface area contributed by atoms with Crippen LogP contribution >= 0.6 is 23.5 Å². The quantitative estimate of drug-likeness (QED) is 0.0853. The largest absolute Gasteiger partial charge is 0.505 e. The van der Waals surface area contributed by atoms with E-state index in [0.29, 0.717) is 5.69 Å². The van der Waals surface area contributed by atoms with Gasteiger partial charge in [-0.3, -0.25) is 9.36 Å². The van der Waals surface area contributed by atoms with Crippen molar-refractivity contribution in [1.29, 1.82) is 0 Å². The fourth-order valence-electron chi connectivity index (χ4n) is 4.55. The van der Waals surface area contributed by atoms with Crippen LogP contribution in [0.3, 0.4) is 0 Å². The van der Waals surface area contributed by atoms with E-state index in [1.807, 2.05) is 0 Å². The first-order chi connectivity index (χ1) is 21.8. The Morgan fingerprint density at radius 1 is 0.565 bits per heavy atom. The predicted octanol–water partition coefficient (Wildman–Crippen LogP) is 8.36. The van der Waals surface area contributed by atoms with Crippen LogP contribution in [0.5, 0.6) is 5.75 Å². The Labute approximate surface area is 257 Å². The Kier molecular flexibility index (Phi) is 7.80. The SMILES string of the molecule is O=c1oc2c(c(O)c1Sc1c(F)c(F)c(Sc3c(F)c(F)c(F)c(F)c3F)c(F)c1F)c(=O)n(-c1ccccc1)c1ccccc21. The summed E-state index contributed by atoms with van der Waals surface area (Å²) in [6.45, 7) is 0. The van der Waals surface area contributed by atoms with Gasteiger partial charge in [-0.2, -0.15) is 0 Å². The van der Waals surface area contributed by atoms with Crippen molar-refractivity contribution in [3.05, 3.63) is 128 Å². The summed E-state index contributed by atoms with van der Waals surface area (Å²) >= 11 is -1.20. The predicted molar refractivity (Wildman–Crippen MR) is 148 cm³/mol. The summed E-state index contributed by atoms with van der Waals surface area (Å²) in [5, 5.41) is 10.6. The fraction of sp³-hybridized carbons (Fsp3) is 0. The number of aromatic nitrogens is 1. The van der Waals surface area contributed by atoms with Gasteiger partial charge in [0.15, 0.2) is 57.9 Å². The molecule has 0 saturated carbocycles. The summed E-state index contributed by atoms with van der Waals surface area (Å²) < 4.78 is 136. The van der Waals surface area contributed by atoms with E-state index in [4.69, 9.17) is 4.42 Å². The molecular formula is C30H10F9NO4S2. The minimum atomic E-state index is -2.58. The zero-order valence-corrected chi connectivity index (χ0v) is 23.7. The maximum atomic E-state index is 15.2. The molecule has 0 fully saturated rings. The van der Waals surface area contributed by atoms with E-state index in [-0.39, 0.29) is 22.7 Å². The van der Waals surface area contributed by atoms with Gasteiger partial charge in [0.2, 0.25) is 5.82 Å². The van der Waals surface area contributed by atoms with E-state index in [9.17, 15) is 36.6 Å². The molecule has 1 N–H and O–H groups in total. The van der Waals surface area contributed by atoms with E-state index in [0.717, 1.165) is 4.57 Å². The van der Waals surface area contributed by atoms with E-state index < -0.39 is 112 Å². The van der Waals surface area contributed by atoms with E-state index in [1.165, 1.54) is 18.2 Å². The van der Waals surface area contributed by atoms with E-state index >= 15 is 17.6 Å². The number of hydrogen-bond donors (Lipinski definition) is 1. The molecular weight excluding hydrogens is 673 g/mol. The highest BCUT2D eigenvalue weighted by Gasteiger charge is 2.33. The van der Waals surface area contributed by atoms with Crippen LogP contribution in [0.2, 0.25) is 0 Å². The van der Waals surface area contributed by atoms with Gasteiger partial charge in [0.1, 0.15) is 10.3 Å². The molecule has 0 spiro atoms. The smallest absolute Gasteiger partial charge is 0.354 e. The molecule has 0 radical (unpaired) electrons. The number of benzene rings is 4. The van der Waals surface area contributed by atoms with Crippen molar-refractivity contribution in [3.63, 3.8) is 0 Å². The minimum Gasteiger partial charge on any atom is -0.505 e. The Morgan fingerprint density at radius 2 is 1.00 bits per heavy atom. The van der Waals surface area contributed by atoms with Crippen molar-refractivity contribution in [2.75, 3.05) is 0 Å². The zero-order chi connectivity index (χ0) is 33.2. The molecule has 5 nitrogen and oxygen atoms in total. The lowest BCUT2D eigenvalue weighted by atomic mass is 10.1. The van der Waals surface area contributed by atoms with Gasteiger partial charge < -0.3 is 9.52 Å². The van der Waals surface area contributed by atoms with Crippen molar-refractivity contribution in [2.24, 2.45) is 0 Å². The molecule has 234 valence electrons. The molecule has 0 aliphatic heterocycles. The molecule has 0 aliphatic carbocycles. The Hall–Kier alpha value is -4.83. The van der Waals surface area contributed by atoms with Crippen molar-refractivity contribution < 1.29 is 49.0 Å². The Bertz CT molecular complexity index is 2320. The van der Waals surface area contributed by atoms with Gasteiger partial charge >= 0.3 is 5.63 Å². The van der Waals surface area contributed by atoms with Crippen molar-refractivity contribution in [3.8, 4) is 11.4 Å². The van der Waals surface area contributed by atoms with Gasteiger partial charge in [-0.15, -0.1) is 0 Å². The summed E-state index contributed by atoms with van der Waals surface area (Å²) in [5.74, 6) is -22.9. The zero-order valence-electron chi connectivity index (χ0n) is 22.0. The second-order valence-corrected chi connectivity index (χ2v) is 11.3. The Morgan fingerprint density at radius 3 is 1.54 bits per heavy atom. The van der Waals surface area contributed by atoms with Crippen molar-refractivity contribution in [2.45, 2.75) is 19.6 Å². The van der Waals surface area contributed by atoms with Crippen LogP contribution in [0.25, 0.3) is 27.6 Å². The molecule has 0 unspecified atom stereocenters. The van der Waals surface area contributed by atoms with E-state index in [1.54, 1.807) is 36.4 Å². The number of aromatic hydroxyl groups is 1. The maximum Gasteiger partial charge on any atom is 0.354 e. The Balaban J connectivity index is 1.53. The topological polar surface area (TPSA) is 72.4 Å². The second kappa shape index (κ2) is 11.5. The lowest BCUT2D eigenvalue weighted by molar-refractivity contribution is 0.360. The number of fused-ring (bicyclic) bond motifs is 3. The highest BCUT2D eigenvalue weighted by molar-refractivity contribution is 8.00. The van der Waals surface area contributed by atoms with Gasteiger partial charge in [0.05, 0.1) is 20.2 Å². The summed E-state index contributed by atoms with van der Waals surface area (Å²) in [6, 6.07) is 14.1. The van der Waals surface area contributed by atoms with Crippen LogP contribution in [0.4, 0.5) is 39.5 Å². The van der Waals surface area contributed by atoms with Crippen LogP contribution in [0.15, 0.2) is 88.2 Å². The van der Waals surface area contributed by atoms with Gasteiger partial charge in [-0.05, 0) is 24.3 Å². The molecule has 6 aromatic rings. The molecule has 0 amide bonds. The van der Waals surface area contributed by atoms with Crippen LogP contribution < -0.4 is 11.2 Å². The third kappa shape index (κ3) is 4.70. The van der Waals surface area contributed by atoms with Crippen molar-refractivity contribution >= 4 is 45.4 Å². The molecule has 0 bridgehead atoms. The monoisotopic (exact) mass is 683 g/mol. The molecule has 16 heteroatoms. The summed E-state index contributed by atoms with van der Waals surface area (Å²) in [7, 11) is 0. The highest BCUT2D eigenvalue weighted by Crippen LogP contribution is 2.45. The second-order valence-electron chi connectivity index (χ2n) is 9.28. The van der Waals surface area contributed by atoms with Gasteiger partial charge in [0.25, 0.3) is 5.56 Å². The highest BCUT2D eigenvalue weighted by atomic mass is 32.2. The molecule has 4 aromatic carbocycles. The number of rotatable bonds is 5. The van der Waals surface area contributed by atoms with Crippen LogP contribution in [-0.4, -0.2) is 9.67 Å². The first kappa shape index (κ1) is 31.2. The molecule has 2 aromatic heterocycles. The van der Waals surface area contributed by atoms with E-state index in [2.05, 4.69) is 0 Å². The van der Waals surface area contributed by atoms with Crippen LogP contribution in [0.1, 0.15) is 0 Å². The van der Waals surface area contributed by atoms with Crippen LogP contribution in [0, 0.1) is 52.4 Å². The third-order valence-corrected chi connectivity index (χ3v) is 8.89. The number of hydrogen-bond acceptors (Lipinski definition) is 6. The summed E-state index contributed by atoms with van der Waals surface area (Å²) in [6.07, 6.45) is 0. The third-order valence-electron chi connectivity index (χ3n) is 6.64. The maximum absolute atomic E-state index is 15.2. The minimum absolute atomic E-state index is 0.161. The average molecular weight is 684 g/mol. The number of pyridine rings is 1. The van der Waals surface area contributed by atoms with Crippen molar-refractivity contribution in [1.82, 2.24) is 4.57 Å². The van der Waals surface area contributed by atoms with Gasteiger partial charge in [-0.1, -0.05) is 53.9 Å². The number of halogens is 9. The molecule has 6 rings (SSSR count). The average Bonchev–Trinajstić information content (AvgIpc) is 3.05. The number of nitrogens with zero attached hydrogens (tertiary/aromatic N) is 1. The molecule has 0 atom stereocenters. The van der Waals surface area contributed by atoms with Crippen LogP contribution in [-0.2, 0) is 0 Å². The molecule has 2 heterocycles. The normalized spacial score (nSPS) is 11.6. The molecule has 46 heavy (non-hydrogen) atoms. The first-order valence-corrected chi connectivity index (χ1v) is 14.1. The number of para-hydroxylation sites is 2. The molecule has 0 saturated heterocycles. The standard InChI is InChI=1S/C30H10F9NO4S2/c31-14-15(32)17(34)25(18(35)16(14)33)45-26-19(36)21(38)27(22(39)20(26)37)46-28-23(41)13-24(44-30(28)43)11-8-4-5-9-12(11)40(29(13)42)10-6-2-1-3-7-10/h1-9,41H. The summed E-state index contributed by atoms with van der Waals surface area (Å²) in [5.41, 5.74) is -2.27.